The Bertz CT molecular complexity index is 369. The van der Waals surface area contributed by atoms with Gasteiger partial charge in [0.1, 0.15) is 0 Å². The molecule has 1 atom stereocenters. The highest BCUT2D eigenvalue weighted by Gasteiger charge is 2.21. The Morgan fingerprint density at radius 2 is 1.22 bits per heavy atom. The Kier molecular flexibility index (Phi) is 8.94. The van der Waals surface area contributed by atoms with Crippen LogP contribution in [0.1, 0.15) is 13.8 Å². The Balaban J connectivity index is 2.70. The first-order valence-electron chi connectivity index (χ1n) is 7.84. The van der Waals surface area contributed by atoms with Crippen LogP contribution in [0, 0.1) is 0 Å². The third-order valence-electron chi connectivity index (χ3n) is 3.86. The molecular formula is C14H28N3O5P. The second kappa shape index (κ2) is 10.2. The Labute approximate surface area is 138 Å². The van der Waals surface area contributed by atoms with Crippen LogP contribution >= 0.6 is 8.15 Å². The van der Waals surface area contributed by atoms with Crippen molar-refractivity contribution in [2.75, 3.05) is 58.6 Å². The van der Waals surface area contributed by atoms with Crippen LogP contribution in [0.2, 0.25) is 0 Å². The van der Waals surface area contributed by atoms with Crippen LogP contribution in [0.3, 0.4) is 0 Å². The predicted octanol–water partition coefficient (Wildman–Crippen LogP) is -0.170. The quantitative estimate of drug-likeness (QED) is 0.544. The molecule has 23 heavy (non-hydrogen) atoms. The SMILES string of the molecule is CC(C)P(O)CN1CCN(CC(=O)O)CCN(CC(=O)O)CC1. The molecule has 1 aliphatic rings. The zero-order valence-corrected chi connectivity index (χ0v) is 14.8. The van der Waals surface area contributed by atoms with Crippen molar-refractivity contribution >= 4 is 20.1 Å². The van der Waals surface area contributed by atoms with E-state index >= 15 is 0 Å². The van der Waals surface area contributed by atoms with Crippen molar-refractivity contribution in [2.24, 2.45) is 0 Å². The van der Waals surface area contributed by atoms with Crippen molar-refractivity contribution in [3.63, 3.8) is 0 Å². The summed E-state index contributed by atoms with van der Waals surface area (Å²) in [5.41, 5.74) is 0.211. The van der Waals surface area contributed by atoms with Gasteiger partial charge in [0.15, 0.2) is 0 Å². The minimum Gasteiger partial charge on any atom is -0.480 e. The Hall–Kier alpha value is -0.790. The molecule has 9 heteroatoms. The predicted molar refractivity (Wildman–Crippen MR) is 88.9 cm³/mol. The average Bonchev–Trinajstić information content (AvgIpc) is 2.51. The van der Waals surface area contributed by atoms with E-state index in [1.54, 1.807) is 0 Å². The topological polar surface area (TPSA) is 105 Å². The molecule has 1 saturated heterocycles. The van der Waals surface area contributed by atoms with Gasteiger partial charge in [0, 0.05) is 53.7 Å². The van der Waals surface area contributed by atoms with E-state index in [0.717, 1.165) is 0 Å². The molecule has 0 saturated carbocycles. The number of aliphatic carboxylic acids is 2. The smallest absolute Gasteiger partial charge is 0.317 e. The average molecular weight is 349 g/mol. The van der Waals surface area contributed by atoms with Gasteiger partial charge in [0.05, 0.1) is 13.1 Å². The molecule has 0 aliphatic carbocycles. The van der Waals surface area contributed by atoms with E-state index in [4.69, 9.17) is 10.2 Å². The third-order valence-corrected chi connectivity index (χ3v) is 5.74. The number of carbonyl (C=O) groups is 2. The second-order valence-corrected chi connectivity index (χ2v) is 8.33. The standard InChI is InChI=1S/C14H28N3O5P/c1-12(2)23(22)11-17-7-5-15(9-13(18)19)3-4-16(6-8-17)10-14(20)21/h12,22H,3-11H2,1-2H3,(H,18,19)(H,20,21). The minimum atomic E-state index is -1.10. The largest absolute Gasteiger partial charge is 0.480 e. The van der Waals surface area contributed by atoms with Crippen LogP contribution in [-0.2, 0) is 9.59 Å². The molecule has 8 nitrogen and oxygen atoms in total. The number of carboxylic acids is 2. The van der Waals surface area contributed by atoms with Gasteiger partial charge < -0.3 is 15.1 Å². The fourth-order valence-corrected chi connectivity index (χ4v) is 3.41. The molecule has 1 aliphatic heterocycles. The Morgan fingerprint density at radius 1 is 0.870 bits per heavy atom. The van der Waals surface area contributed by atoms with Gasteiger partial charge >= 0.3 is 11.9 Å². The fourth-order valence-electron chi connectivity index (χ4n) is 2.39. The maximum Gasteiger partial charge on any atom is 0.317 e. The summed E-state index contributed by atoms with van der Waals surface area (Å²) >= 11 is 0. The number of carboxylic acid groups (broad SMARTS) is 2. The Morgan fingerprint density at radius 3 is 1.52 bits per heavy atom. The first-order chi connectivity index (χ1) is 10.8. The van der Waals surface area contributed by atoms with E-state index in [2.05, 4.69) is 4.90 Å². The van der Waals surface area contributed by atoms with Crippen molar-refractivity contribution in [1.82, 2.24) is 14.7 Å². The molecule has 1 unspecified atom stereocenters. The molecule has 134 valence electrons. The lowest BCUT2D eigenvalue weighted by Crippen LogP contribution is -2.40. The highest BCUT2D eigenvalue weighted by molar-refractivity contribution is 7.52. The molecule has 3 N–H and O–H groups in total. The number of rotatable bonds is 7. The number of hydrogen-bond donors (Lipinski definition) is 3. The highest BCUT2D eigenvalue weighted by atomic mass is 31.1. The summed E-state index contributed by atoms with van der Waals surface area (Å²) in [5, 5.41) is 18.0. The van der Waals surface area contributed by atoms with E-state index in [-0.39, 0.29) is 18.7 Å². The van der Waals surface area contributed by atoms with E-state index in [9.17, 15) is 14.5 Å². The molecule has 0 aromatic carbocycles. The molecule has 0 aromatic rings. The van der Waals surface area contributed by atoms with Gasteiger partial charge in [0.2, 0.25) is 0 Å². The summed E-state index contributed by atoms with van der Waals surface area (Å²) in [6, 6.07) is 0. The highest BCUT2D eigenvalue weighted by Crippen LogP contribution is 2.36. The molecule has 0 radical (unpaired) electrons. The molecular weight excluding hydrogens is 321 g/mol. The van der Waals surface area contributed by atoms with Crippen molar-refractivity contribution in [2.45, 2.75) is 19.5 Å². The molecule has 1 heterocycles. The van der Waals surface area contributed by atoms with Gasteiger partial charge in [-0.1, -0.05) is 13.8 Å². The first-order valence-corrected chi connectivity index (χ1v) is 9.39. The van der Waals surface area contributed by atoms with E-state index in [0.29, 0.717) is 45.6 Å². The van der Waals surface area contributed by atoms with Crippen LogP contribution in [0.5, 0.6) is 0 Å². The van der Waals surface area contributed by atoms with Crippen molar-refractivity contribution < 1.29 is 24.7 Å². The van der Waals surface area contributed by atoms with Gasteiger partial charge in [-0.15, -0.1) is 0 Å². The van der Waals surface area contributed by atoms with Gasteiger partial charge in [-0.3, -0.25) is 24.3 Å². The minimum absolute atomic E-state index is 0.0488. The summed E-state index contributed by atoms with van der Waals surface area (Å²) < 4.78 is 0. The van der Waals surface area contributed by atoms with Crippen LogP contribution < -0.4 is 0 Å². The van der Waals surface area contributed by atoms with Gasteiger partial charge in [-0.2, -0.15) is 0 Å². The summed E-state index contributed by atoms with van der Waals surface area (Å²) in [6.45, 7) is 7.51. The van der Waals surface area contributed by atoms with Crippen molar-refractivity contribution in [1.29, 1.82) is 0 Å². The zero-order valence-electron chi connectivity index (χ0n) is 13.9. The van der Waals surface area contributed by atoms with Crippen LogP contribution in [0.25, 0.3) is 0 Å². The van der Waals surface area contributed by atoms with E-state index < -0.39 is 20.1 Å². The zero-order chi connectivity index (χ0) is 17.4. The molecule has 0 spiro atoms. The molecule has 0 aromatic heterocycles. The second-order valence-electron chi connectivity index (χ2n) is 6.13. The molecule has 0 amide bonds. The van der Waals surface area contributed by atoms with Gasteiger partial charge in [-0.05, 0) is 5.66 Å². The lowest BCUT2D eigenvalue weighted by Gasteiger charge is -2.28. The lowest BCUT2D eigenvalue weighted by atomic mass is 10.4. The lowest BCUT2D eigenvalue weighted by molar-refractivity contribution is -0.140. The normalized spacial score (nSPS) is 20.7. The number of nitrogens with zero attached hydrogens (tertiary/aromatic N) is 3. The van der Waals surface area contributed by atoms with Crippen LogP contribution in [-0.4, -0.2) is 106 Å². The summed E-state index contributed by atoms with van der Waals surface area (Å²) in [5.74, 6) is -1.76. The summed E-state index contributed by atoms with van der Waals surface area (Å²) in [4.78, 5) is 37.8. The van der Waals surface area contributed by atoms with Gasteiger partial charge in [-0.25, -0.2) is 0 Å². The van der Waals surface area contributed by atoms with Crippen LogP contribution in [0.4, 0.5) is 0 Å². The first kappa shape index (κ1) is 20.3. The molecule has 1 rings (SSSR count). The molecule has 0 bridgehead atoms. The summed E-state index contributed by atoms with van der Waals surface area (Å²) in [7, 11) is -1.10. The van der Waals surface area contributed by atoms with Crippen molar-refractivity contribution in [3.8, 4) is 0 Å². The van der Waals surface area contributed by atoms with E-state index in [1.807, 2.05) is 23.6 Å². The fraction of sp³-hybridized carbons (Fsp3) is 0.857. The third kappa shape index (κ3) is 8.58. The van der Waals surface area contributed by atoms with Crippen LogP contribution in [0.15, 0.2) is 0 Å². The monoisotopic (exact) mass is 349 g/mol. The molecule has 1 fully saturated rings. The van der Waals surface area contributed by atoms with Crippen molar-refractivity contribution in [3.05, 3.63) is 0 Å². The van der Waals surface area contributed by atoms with E-state index in [1.165, 1.54) is 0 Å². The maximum atomic E-state index is 11.0. The number of hydrogen-bond acceptors (Lipinski definition) is 6. The van der Waals surface area contributed by atoms with Gasteiger partial charge in [0.25, 0.3) is 0 Å². The summed E-state index contributed by atoms with van der Waals surface area (Å²) in [6.07, 6.45) is 0.578. The maximum absolute atomic E-state index is 11.0.